The van der Waals surface area contributed by atoms with E-state index in [-0.39, 0.29) is 5.41 Å². The van der Waals surface area contributed by atoms with Gasteiger partial charge in [-0.1, -0.05) is 39.0 Å². The molecule has 118 valence electrons. The van der Waals surface area contributed by atoms with Crippen molar-refractivity contribution in [3.63, 3.8) is 0 Å². The van der Waals surface area contributed by atoms with Gasteiger partial charge in [0.1, 0.15) is 0 Å². The van der Waals surface area contributed by atoms with Crippen LogP contribution in [-0.4, -0.2) is 50.3 Å². The maximum atomic E-state index is 12.7. The Morgan fingerprint density at radius 3 is 2.14 bits per heavy atom. The third kappa shape index (κ3) is 4.05. The fourth-order valence-electron chi connectivity index (χ4n) is 2.78. The van der Waals surface area contributed by atoms with Crippen LogP contribution in [0.4, 0.5) is 0 Å². The Morgan fingerprint density at radius 1 is 1.05 bits per heavy atom. The van der Waals surface area contributed by atoms with E-state index in [1.807, 2.05) is 19.1 Å². The van der Waals surface area contributed by atoms with E-state index < -0.39 is 10.0 Å². The zero-order valence-electron chi connectivity index (χ0n) is 13.5. The summed E-state index contributed by atoms with van der Waals surface area (Å²) in [6, 6.07) is 7.21. The highest BCUT2D eigenvalue weighted by Gasteiger charge is 2.30. The van der Waals surface area contributed by atoms with Crippen LogP contribution in [0.25, 0.3) is 0 Å². The number of aryl methyl sites for hydroxylation is 1. The summed E-state index contributed by atoms with van der Waals surface area (Å²) in [7, 11) is -3.35. The molecule has 0 bridgehead atoms. The van der Waals surface area contributed by atoms with Crippen LogP contribution in [0.15, 0.2) is 29.2 Å². The van der Waals surface area contributed by atoms with Crippen LogP contribution in [0, 0.1) is 12.3 Å². The van der Waals surface area contributed by atoms with Crippen molar-refractivity contribution in [3.05, 3.63) is 29.8 Å². The summed E-state index contributed by atoms with van der Waals surface area (Å²) < 4.78 is 27.0. The number of benzene rings is 1. The third-order valence-corrected chi connectivity index (χ3v) is 5.80. The Hall–Kier alpha value is -0.910. The van der Waals surface area contributed by atoms with Crippen LogP contribution in [0.3, 0.4) is 0 Å². The lowest BCUT2D eigenvalue weighted by molar-refractivity contribution is 0.141. The Morgan fingerprint density at radius 2 is 1.62 bits per heavy atom. The van der Waals surface area contributed by atoms with E-state index in [1.54, 1.807) is 16.4 Å². The predicted molar refractivity (Wildman–Crippen MR) is 85.8 cm³/mol. The van der Waals surface area contributed by atoms with E-state index in [0.29, 0.717) is 18.0 Å². The van der Waals surface area contributed by atoms with Gasteiger partial charge in [0.15, 0.2) is 0 Å². The fraction of sp³-hybridized carbons (Fsp3) is 0.625. The molecule has 0 aliphatic carbocycles. The Balaban J connectivity index is 2.07. The standard InChI is InChI=1S/C16H26N2O2S/c1-14-7-5-6-8-15(14)21(19,20)18-11-9-17(10-12-18)13-16(2,3)4/h5-8H,9-13H2,1-4H3. The van der Waals surface area contributed by atoms with E-state index in [1.165, 1.54) is 0 Å². The van der Waals surface area contributed by atoms with Gasteiger partial charge in [-0.15, -0.1) is 0 Å². The fourth-order valence-corrected chi connectivity index (χ4v) is 4.43. The maximum Gasteiger partial charge on any atom is 0.243 e. The largest absolute Gasteiger partial charge is 0.300 e. The molecule has 1 aromatic rings. The number of hydrogen-bond donors (Lipinski definition) is 0. The SMILES string of the molecule is Cc1ccccc1S(=O)(=O)N1CCN(CC(C)(C)C)CC1. The molecule has 0 aromatic heterocycles. The number of sulfonamides is 1. The van der Waals surface area contributed by atoms with Crippen molar-refractivity contribution < 1.29 is 8.42 Å². The van der Waals surface area contributed by atoms with Crippen LogP contribution < -0.4 is 0 Å². The first-order valence-corrected chi connectivity index (χ1v) is 8.92. The zero-order valence-corrected chi connectivity index (χ0v) is 14.3. The summed E-state index contributed by atoms with van der Waals surface area (Å²) >= 11 is 0. The van der Waals surface area contributed by atoms with Crippen molar-refractivity contribution in [3.8, 4) is 0 Å². The van der Waals surface area contributed by atoms with E-state index in [2.05, 4.69) is 25.7 Å². The second-order valence-corrected chi connectivity index (χ2v) is 8.91. The first-order chi connectivity index (χ1) is 9.70. The summed E-state index contributed by atoms with van der Waals surface area (Å²) in [6.45, 7) is 12.3. The highest BCUT2D eigenvalue weighted by molar-refractivity contribution is 7.89. The topological polar surface area (TPSA) is 40.6 Å². The second kappa shape index (κ2) is 6.07. The molecule has 0 unspecified atom stereocenters. The first-order valence-electron chi connectivity index (χ1n) is 7.48. The molecule has 1 heterocycles. The van der Waals surface area contributed by atoms with Crippen molar-refractivity contribution in [2.24, 2.45) is 5.41 Å². The van der Waals surface area contributed by atoms with Crippen molar-refractivity contribution in [1.29, 1.82) is 0 Å². The minimum atomic E-state index is -3.35. The zero-order chi connectivity index (χ0) is 15.7. The van der Waals surface area contributed by atoms with Gasteiger partial charge in [-0.25, -0.2) is 8.42 Å². The molecule has 0 spiro atoms. The minimum absolute atomic E-state index is 0.247. The Labute approximate surface area is 128 Å². The summed E-state index contributed by atoms with van der Waals surface area (Å²) in [5.74, 6) is 0. The minimum Gasteiger partial charge on any atom is -0.300 e. The van der Waals surface area contributed by atoms with Crippen molar-refractivity contribution in [2.45, 2.75) is 32.6 Å². The van der Waals surface area contributed by atoms with Gasteiger partial charge >= 0.3 is 0 Å². The van der Waals surface area contributed by atoms with E-state index in [9.17, 15) is 8.42 Å². The summed E-state index contributed by atoms with van der Waals surface area (Å²) in [6.07, 6.45) is 0. The van der Waals surface area contributed by atoms with Crippen LogP contribution in [-0.2, 0) is 10.0 Å². The molecule has 21 heavy (non-hydrogen) atoms. The average Bonchev–Trinajstić information content (AvgIpc) is 2.37. The van der Waals surface area contributed by atoms with E-state index in [4.69, 9.17) is 0 Å². The number of rotatable bonds is 3. The molecule has 2 rings (SSSR count). The molecule has 0 amide bonds. The summed E-state index contributed by atoms with van der Waals surface area (Å²) in [5.41, 5.74) is 1.06. The average molecular weight is 310 g/mol. The van der Waals surface area contributed by atoms with Gasteiger partial charge in [-0.05, 0) is 24.0 Å². The molecule has 0 saturated carbocycles. The second-order valence-electron chi connectivity index (χ2n) is 7.01. The number of hydrogen-bond acceptors (Lipinski definition) is 3. The van der Waals surface area contributed by atoms with E-state index >= 15 is 0 Å². The molecule has 1 aliphatic rings. The van der Waals surface area contributed by atoms with Gasteiger partial charge in [0.05, 0.1) is 4.90 Å². The van der Waals surface area contributed by atoms with Gasteiger partial charge < -0.3 is 4.90 Å². The summed E-state index contributed by atoms with van der Waals surface area (Å²) in [5, 5.41) is 0. The quantitative estimate of drug-likeness (QED) is 0.860. The third-order valence-electron chi connectivity index (χ3n) is 3.74. The van der Waals surface area contributed by atoms with Gasteiger partial charge in [-0.2, -0.15) is 4.31 Å². The van der Waals surface area contributed by atoms with Crippen LogP contribution in [0.5, 0.6) is 0 Å². The molecule has 0 N–H and O–H groups in total. The van der Waals surface area contributed by atoms with Crippen LogP contribution in [0.2, 0.25) is 0 Å². The molecule has 4 nitrogen and oxygen atoms in total. The predicted octanol–water partition coefficient (Wildman–Crippen LogP) is 2.35. The Bertz CT molecular complexity index is 583. The van der Waals surface area contributed by atoms with E-state index in [0.717, 1.165) is 25.2 Å². The van der Waals surface area contributed by atoms with Gasteiger partial charge in [0.2, 0.25) is 10.0 Å². The lowest BCUT2D eigenvalue weighted by Gasteiger charge is -2.37. The lowest BCUT2D eigenvalue weighted by atomic mass is 9.96. The molecule has 1 aromatic carbocycles. The van der Waals surface area contributed by atoms with Gasteiger partial charge in [-0.3, -0.25) is 0 Å². The Kier molecular flexibility index (Phi) is 4.76. The first kappa shape index (κ1) is 16.5. The van der Waals surface area contributed by atoms with Crippen molar-refractivity contribution in [1.82, 2.24) is 9.21 Å². The normalized spacial score (nSPS) is 18.9. The summed E-state index contributed by atoms with van der Waals surface area (Å²) in [4.78, 5) is 2.79. The smallest absolute Gasteiger partial charge is 0.243 e. The molecule has 5 heteroatoms. The van der Waals surface area contributed by atoms with Crippen LogP contribution in [0.1, 0.15) is 26.3 Å². The molecule has 0 radical (unpaired) electrons. The molecular weight excluding hydrogens is 284 g/mol. The van der Waals surface area contributed by atoms with Crippen molar-refractivity contribution >= 4 is 10.0 Å². The molecule has 0 atom stereocenters. The molecule has 1 saturated heterocycles. The highest BCUT2D eigenvalue weighted by Crippen LogP contribution is 2.22. The highest BCUT2D eigenvalue weighted by atomic mass is 32.2. The number of nitrogens with zero attached hydrogens (tertiary/aromatic N) is 2. The lowest BCUT2D eigenvalue weighted by Crippen LogP contribution is -2.50. The van der Waals surface area contributed by atoms with Crippen LogP contribution >= 0.6 is 0 Å². The monoisotopic (exact) mass is 310 g/mol. The molecule has 1 aliphatic heterocycles. The maximum absolute atomic E-state index is 12.7. The van der Waals surface area contributed by atoms with Gasteiger partial charge in [0.25, 0.3) is 0 Å². The molecular formula is C16H26N2O2S. The molecule has 1 fully saturated rings. The van der Waals surface area contributed by atoms with Crippen molar-refractivity contribution in [2.75, 3.05) is 32.7 Å². The van der Waals surface area contributed by atoms with Gasteiger partial charge in [0, 0.05) is 32.7 Å². The number of piperazine rings is 1.